The van der Waals surface area contributed by atoms with E-state index in [2.05, 4.69) is 15.9 Å². The van der Waals surface area contributed by atoms with Crippen LogP contribution in [0.1, 0.15) is 12.8 Å². The van der Waals surface area contributed by atoms with E-state index in [1.807, 2.05) is 24.3 Å². The fourth-order valence-corrected chi connectivity index (χ4v) is 2.23. The Labute approximate surface area is 96.8 Å². The Morgan fingerprint density at radius 2 is 2.13 bits per heavy atom. The molecule has 4 heteroatoms. The van der Waals surface area contributed by atoms with Crippen LogP contribution >= 0.6 is 15.9 Å². The quantitative estimate of drug-likeness (QED) is 0.847. The summed E-state index contributed by atoms with van der Waals surface area (Å²) in [5.74, 6) is 0.0761. The van der Waals surface area contributed by atoms with Crippen LogP contribution in [-0.2, 0) is 4.79 Å². The lowest BCUT2D eigenvalue weighted by Crippen LogP contribution is -2.42. The molecule has 0 spiro atoms. The minimum Gasteiger partial charge on any atom is -0.391 e. The Hall–Kier alpha value is -0.870. The van der Waals surface area contributed by atoms with Crippen molar-refractivity contribution in [3.05, 3.63) is 28.7 Å². The Morgan fingerprint density at radius 3 is 2.87 bits per heavy atom. The van der Waals surface area contributed by atoms with Crippen molar-refractivity contribution in [3.8, 4) is 0 Å². The molecule has 1 aliphatic rings. The van der Waals surface area contributed by atoms with Gasteiger partial charge in [-0.25, -0.2) is 0 Å². The molecule has 1 atom stereocenters. The van der Waals surface area contributed by atoms with E-state index in [0.29, 0.717) is 19.4 Å². The number of para-hydroxylation sites is 1. The highest BCUT2D eigenvalue weighted by atomic mass is 79.9. The highest BCUT2D eigenvalue weighted by molar-refractivity contribution is 9.10. The third-order valence-electron chi connectivity index (χ3n) is 2.53. The SMILES string of the molecule is O=C1CCC(O)CN1c1ccccc1Br. The summed E-state index contributed by atoms with van der Waals surface area (Å²) >= 11 is 3.40. The summed E-state index contributed by atoms with van der Waals surface area (Å²) in [4.78, 5) is 13.3. The maximum absolute atomic E-state index is 11.7. The van der Waals surface area contributed by atoms with Crippen LogP contribution in [0, 0.1) is 0 Å². The molecule has 1 heterocycles. The molecule has 1 aromatic rings. The van der Waals surface area contributed by atoms with Crippen molar-refractivity contribution in [1.82, 2.24) is 0 Å². The molecule has 0 radical (unpaired) electrons. The van der Waals surface area contributed by atoms with Gasteiger partial charge in [-0.1, -0.05) is 12.1 Å². The van der Waals surface area contributed by atoms with E-state index in [1.165, 1.54) is 0 Å². The smallest absolute Gasteiger partial charge is 0.227 e. The average Bonchev–Trinajstić information content (AvgIpc) is 2.23. The summed E-state index contributed by atoms with van der Waals surface area (Å²) in [6, 6.07) is 7.55. The van der Waals surface area contributed by atoms with E-state index < -0.39 is 6.10 Å². The van der Waals surface area contributed by atoms with Crippen molar-refractivity contribution in [2.24, 2.45) is 0 Å². The van der Waals surface area contributed by atoms with Crippen LogP contribution in [0.4, 0.5) is 5.69 Å². The highest BCUT2D eigenvalue weighted by Gasteiger charge is 2.26. The zero-order valence-electron chi connectivity index (χ0n) is 8.19. The molecule has 0 aromatic heterocycles. The van der Waals surface area contributed by atoms with Crippen molar-refractivity contribution < 1.29 is 9.90 Å². The van der Waals surface area contributed by atoms with Crippen LogP contribution in [0.5, 0.6) is 0 Å². The van der Waals surface area contributed by atoms with Crippen molar-refractivity contribution in [1.29, 1.82) is 0 Å². The van der Waals surface area contributed by atoms with E-state index in [4.69, 9.17) is 0 Å². The molecule has 1 unspecified atom stereocenters. The number of halogens is 1. The molecular weight excluding hydrogens is 258 g/mol. The number of anilines is 1. The zero-order valence-corrected chi connectivity index (χ0v) is 9.77. The van der Waals surface area contributed by atoms with Gasteiger partial charge in [0.15, 0.2) is 0 Å². The number of amides is 1. The summed E-state index contributed by atoms with van der Waals surface area (Å²) in [5, 5.41) is 9.54. The third-order valence-corrected chi connectivity index (χ3v) is 3.20. The lowest BCUT2D eigenvalue weighted by Gasteiger charge is -2.30. The number of rotatable bonds is 1. The largest absolute Gasteiger partial charge is 0.391 e. The van der Waals surface area contributed by atoms with E-state index in [0.717, 1.165) is 10.2 Å². The van der Waals surface area contributed by atoms with Gasteiger partial charge in [0.05, 0.1) is 18.3 Å². The number of aliphatic hydroxyl groups is 1. The summed E-state index contributed by atoms with van der Waals surface area (Å²) < 4.78 is 0.882. The van der Waals surface area contributed by atoms with Gasteiger partial charge < -0.3 is 10.0 Å². The summed E-state index contributed by atoms with van der Waals surface area (Å²) in [6.45, 7) is 0.390. The van der Waals surface area contributed by atoms with Gasteiger partial charge in [-0.05, 0) is 34.5 Å². The molecule has 15 heavy (non-hydrogen) atoms. The van der Waals surface area contributed by atoms with Gasteiger partial charge in [0.2, 0.25) is 5.91 Å². The molecule has 3 nitrogen and oxygen atoms in total. The van der Waals surface area contributed by atoms with E-state index in [1.54, 1.807) is 4.90 Å². The van der Waals surface area contributed by atoms with E-state index in [9.17, 15) is 9.90 Å². The molecule has 0 bridgehead atoms. The highest BCUT2D eigenvalue weighted by Crippen LogP contribution is 2.28. The van der Waals surface area contributed by atoms with Crippen molar-refractivity contribution in [2.45, 2.75) is 18.9 Å². The minimum absolute atomic E-state index is 0.0761. The molecule has 1 amide bonds. The molecule has 0 saturated carbocycles. The van der Waals surface area contributed by atoms with Gasteiger partial charge in [0, 0.05) is 10.9 Å². The van der Waals surface area contributed by atoms with Crippen LogP contribution in [0.25, 0.3) is 0 Å². The Morgan fingerprint density at radius 1 is 1.40 bits per heavy atom. The Bertz CT molecular complexity index is 381. The first-order chi connectivity index (χ1) is 7.18. The lowest BCUT2D eigenvalue weighted by atomic mass is 10.1. The van der Waals surface area contributed by atoms with Crippen LogP contribution < -0.4 is 4.90 Å². The molecule has 80 valence electrons. The summed E-state index contributed by atoms with van der Waals surface area (Å²) in [7, 11) is 0. The van der Waals surface area contributed by atoms with Crippen LogP contribution in [0.3, 0.4) is 0 Å². The van der Waals surface area contributed by atoms with Crippen molar-refractivity contribution in [2.75, 3.05) is 11.4 Å². The fraction of sp³-hybridized carbons (Fsp3) is 0.364. The zero-order chi connectivity index (χ0) is 10.8. The second-order valence-electron chi connectivity index (χ2n) is 3.65. The fourth-order valence-electron chi connectivity index (χ4n) is 1.73. The predicted molar refractivity (Wildman–Crippen MR) is 61.7 cm³/mol. The number of β-amino-alcohol motifs (C(OH)–C–C–N with tert-alkyl or cyclic N) is 1. The molecule has 2 rings (SSSR count). The monoisotopic (exact) mass is 269 g/mol. The van der Waals surface area contributed by atoms with E-state index in [-0.39, 0.29) is 5.91 Å². The first kappa shape index (κ1) is 10.6. The number of nitrogens with zero attached hydrogens (tertiary/aromatic N) is 1. The second kappa shape index (κ2) is 4.33. The molecule has 0 aliphatic carbocycles. The van der Waals surface area contributed by atoms with Gasteiger partial charge >= 0.3 is 0 Å². The lowest BCUT2D eigenvalue weighted by molar-refractivity contribution is -0.121. The van der Waals surface area contributed by atoms with Gasteiger partial charge in [-0.15, -0.1) is 0 Å². The van der Waals surface area contributed by atoms with Gasteiger partial charge in [-0.2, -0.15) is 0 Å². The maximum atomic E-state index is 11.7. The van der Waals surface area contributed by atoms with Crippen molar-refractivity contribution >= 4 is 27.5 Å². The average molecular weight is 270 g/mol. The number of carbonyl (C=O) groups is 1. The second-order valence-corrected chi connectivity index (χ2v) is 4.50. The standard InChI is InChI=1S/C11H12BrNO2/c12-9-3-1-2-4-10(9)13-7-8(14)5-6-11(13)15/h1-4,8,14H,5-7H2. The van der Waals surface area contributed by atoms with Gasteiger partial charge in [0.1, 0.15) is 0 Å². The normalized spacial score (nSPS) is 21.9. The molecule has 1 N–H and O–H groups in total. The van der Waals surface area contributed by atoms with Gasteiger partial charge in [0.25, 0.3) is 0 Å². The van der Waals surface area contributed by atoms with Crippen molar-refractivity contribution in [3.63, 3.8) is 0 Å². The summed E-state index contributed by atoms with van der Waals surface area (Å²) in [6.07, 6.45) is 0.581. The predicted octanol–water partition coefficient (Wildman–Crippen LogP) is 1.94. The number of aliphatic hydroxyl groups excluding tert-OH is 1. The first-order valence-corrected chi connectivity index (χ1v) is 5.71. The number of hydrogen-bond acceptors (Lipinski definition) is 2. The molecule has 1 aromatic carbocycles. The molecule has 1 aliphatic heterocycles. The summed E-state index contributed by atoms with van der Waals surface area (Å²) in [5.41, 5.74) is 0.834. The number of piperidine rings is 1. The van der Waals surface area contributed by atoms with Crippen LogP contribution in [0.15, 0.2) is 28.7 Å². The van der Waals surface area contributed by atoms with E-state index >= 15 is 0 Å². The number of benzene rings is 1. The Balaban J connectivity index is 2.29. The van der Waals surface area contributed by atoms with Crippen LogP contribution in [0.2, 0.25) is 0 Å². The Kier molecular flexibility index (Phi) is 3.07. The topological polar surface area (TPSA) is 40.5 Å². The number of hydrogen-bond donors (Lipinski definition) is 1. The molecule has 1 fully saturated rings. The number of carbonyl (C=O) groups excluding carboxylic acids is 1. The minimum atomic E-state index is -0.408. The van der Waals surface area contributed by atoms with Gasteiger partial charge in [-0.3, -0.25) is 4.79 Å². The van der Waals surface area contributed by atoms with Crippen LogP contribution in [-0.4, -0.2) is 23.7 Å². The molecular formula is C11H12BrNO2. The maximum Gasteiger partial charge on any atom is 0.227 e. The third kappa shape index (κ3) is 2.21. The first-order valence-electron chi connectivity index (χ1n) is 4.91. The molecule has 1 saturated heterocycles.